The van der Waals surface area contributed by atoms with Crippen molar-refractivity contribution in [1.82, 2.24) is 0 Å². The van der Waals surface area contributed by atoms with Gasteiger partial charge in [-0.15, -0.1) is 0 Å². The minimum absolute atomic E-state index is 0.156. The number of hydrogen-bond acceptors (Lipinski definition) is 6. The first-order valence-electron chi connectivity index (χ1n) is 37.2. The Kier molecular flexibility index (Phi) is 25.9. The highest BCUT2D eigenvalue weighted by molar-refractivity contribution is 7.98. The van der Waals surface area contributed by atoms with Gasteiger partial charge in [-0.05, 0) is 240 Å². The molecule has 0 amide bonds. The molecule has 2 fully saturated rings. The Labute approximate surface area is 658 Å². The van der Waals surface area contributed by atoms with Crippen LogP contribution in [0.1, 0.15) is 84.1 Å². The maximum absolute atomic E-state index is 13.0. The first kappa shape index (κ1) is 78.0. The summed E-state index contributed by atoms with van der Waals surface area (Å²) in [7, 11) is -10.5. The summed E-state index contributed by atoms with van der Waals surface area (Å²) in [5.41, 5.74) is 1.53. The fraction of sp³-hybridized carbons (Fsp3) is 0.167. The van der Waals surface area contributed by atoms with Gasteiger partial charge < -0.3 is 0 Å². The van der Waals surface area contributed by atoms with E-state index in [-0.39, 0.29) is 59.5 Å². The van der Waals surface area contributed by atoms with Crippen LogP contribution in [0.4, 0.5) is 0 Å². The SMILES string of the molecule is CC(C)(C)c1ccc([S+](c2ccc3ccccc3c2)c2ccc3ccccc3c2)cc1.CS(=O)(=O)c1ccc([S+](c2ccccc2)c2ccccc2)cc1.O=S(=O)(c1ccc([S+](c2ccccc2)c2ccccc2)cc1)C1CCCC1.O=S(=O)(c1ccc([S+](c2ccccc2)c2ccccc2)cc1)C1CCCCC1. The van der Waals surface area contributed by atoms with Gasteiger partial charge in [0.25, 0.3) is 0 Å². The lowest BCUT2D eigenvalue weighted by Crippen LogP contribution is -2.24. The van der Waals surface area contributed by atoms with Crippen LogP contribution < -0.4 is 0 Å². The maximum atomic E-state index is 13.0. The average molecular weight is 1570 g/mol. The normalized spacial score (nSPS) is 13.7. The van der Waals surface area contributed by atoms with E-state index in [9.17, 15) is 25.3 Å². The van der Waals surface area contributed by atoms with Gasteiger partial charge in [0.15, 0.2) is 88.3 Å². The average Bonchev–Trinajstić information content (AvgIpc) is 0.825. The zero-order valence-corrected chi connectivity index (χ0v) is 67.7. The van der Waals surface area contributed by atoms with E-state index >= 15 is 0 Å². The van der Waals surface area contributed by atoms with Crippen molar-refractivity contribution < 1.29 is 25.3 Å². The summed E-state index contributed by atoms with van der Waals surface area (Å²) in [4.78, 5) is 16.1. The van der Waals surface area contributed by atoms with Gasteiger partial charge in [-0.3, -0.25) is 0 Å². The van der Waals surface area contributed by atoms with Crippen LogP contribution in [-0.4, -0.2) is 42.0 Å². The van der Waals surface area contributed by atoms with Crippen LogP contribution in [0.25, 0.3) is 21.5 Å². The van der Waals surface area contributed by atoms with Gasteiger partial charge in [0, 0.05) is 18.4 Å². The van der Waals surface area contributed by atoms with Crippen LogP contribution >= 0.6 is 0 Å². The van der Waals surface area contributed by atoms with E-state index in [1.165, 1.54) is 77.4 Å². The standard InChI is InChI=1S/C30H27S.C24H25O2S2.C23H23O2S2.C19H17O2S2/c1-30(2,3)26-14-18-27(19-15-26)31(28-16-12-22-8-4-6-10-24(22)20-28)29-17-13-23-9-5-7-11-25(23)21-29;25-28(26,23-14-8-3-9-15-23)24-18-16-22(17-19-24)27(20-10-4-1-5-11-20)21-12-6-2-7-13-21;24-27(25,22-13-7-8-14-22)23-17-15-21(16-18-23)26(19-9-3-1-4-10-19)20-11-5-2-6-12-20;1-23(20,21)19-14-12-18(13-15-19)22(16-8-4-2-5-9-16)17-10-6-3-7-11-17/h4-21H,1-3H3;1-2,4-7,10-13,16-19,23H,3,8-9,14-15H2;1-6,9-12,15-18,22H,7-8,13-14H2;2-15H,1H3/q4*+1. The van der Waals surface area contributed by atoms with E-state index in [2.05, 4.69) is 251 Å². The van der Waals surface area contributed by atoms with E-state index < -0.39 is 29.5 Å². The number of sulfone groups is 3. The van der Waals surface area contributed by atoms with Gasteiger partial charge in [0.2, 0.25) is 0 Å². The quantitative estimate of drug-likeness (QED) is 0.0842. The molecule has 0 bridgehead atoms. The molecule has 16 rings (SSSR count). The van der Waals surface area contributed by atoms with Crippen LogP contribution in [-0.2, 0) is 78.5 Å². The van der Waals surface area contributed by atoms with Gasteiger partial charge in [-0.25, -0.2) is 25.3 Å². The van der Waals surface area contributed by atoms with Gasteiger partial charge in [0.05, 0.1) is 68.8 Å². The zero-order valence-electron chi connectivity index (χ0n) is 62.0. The zero-order chi connectivity index (χ0) is 75.8. The molecule has 0 saturated heterocycles. The number of hydrogen-bond donors (Lipinski definition) is 0. The molecular formula is C96H92O6S7+4. The number of benzene rings is 14. The first-order valence-corrected chi connectivity index (χ1v) is 47.1. The lowest BCUT2D eigenvalue weighted by molar-refractivity contribution is 0.483. The molecule has 14 aromatic carbocycles. The molecule has 2 aliphatic carbocycles. The highest BCUT2D eigenvalue weighted by Crippen LogP contribution is 2.40. The van der Waals surface area contributed by atoms with Crippen LogP contribution in [0.5, 0.6) is 0 Å². The molecule has 2 saturated carbocycles. The predicted molar refractivity (Wildman–Crippen MR) is 456 cm³/mol. The number of rotatable bonds is 17. The summed E-state index contributed by atoms with van der Waals surface area (Å²) in [5, 5.41) is 4.75. The van der Waals surface area contributed by atoms with E-state index in [1.54, 1.807) is 24.3 Å². The fourth-order valence-electron chi connectivity index (χ4n) is 14.0. The largest absolute Gasteiger partial charge is 0.224 e. The van der Waals surface area contributed by atoms with Crippen molar-refractivity contribution >= 4 is 94.6 Å². The van der Waals surface area contributed by atoms with Crippen molar-refractivity contribution in [3.63, 3.8) is 0 Å². The lowest BCUT2D eigenvalue weighted by atomic mass is 9.87. The fourth-order valence-corrected chi connectivity index (χ4v) is 26.7. The summed E-state index contributed by atoms with van der Waals surface area (Å²) in [6.45, 7) is 6.82. The van der Waals surface area contributed by atoms with Crippen molar-refractivity contribution in [3.8, 4) is 0 Å². The topological polar surface area (TPSA) is 102 Å². The molecule has 550 valence electrons. The summed E-state index contributed by atoms with van der Waals surface area (Å²) < 4.78 is 75.0. The Morgan fingerprint density at radius 2 is 0.459 bits per heavy atom. The van der Waals surface area contributed by atoms with E-state index in [0.29, 0.717) is 14.7 Å². The minimum atomic E-state index is -3.23. The molecule has 0 spiro atoms. The van der Waals surface area contributed by atoms with Crippen molar-refractivity contribution in [2.24, 2.45) is 0 Å². The van der Waals surface area contributed by atoms with Crippen LogP contribution in [0.15, 0.2) is 437 Å². The van der Waals surface area contributed by atoms with E-state index in [1.807, 2.05) is 109 Å². The second-order valence-corrected chi connectivity index (χ2v) is 42.9. The van der Waals surface area contributed by atoms with Crippen molar-refractivity contribution in [1.29, 1.82) is 0 Å². The van der Waals surface area contributed by atoms with Crippen LogP contribution in [0.3, 0.4) is 0 Å². The van der Waals surface area contributed by atoms with Gasteiger partial charge >= 0.3 is 0 Å². The molecular weight excluding hydrogens is 1470 g/mol. The van der Waals surface area contributed by atoms with E-state index in [0.717, 1.165) is 72.5 Å². The first-order chi connectivity index (χ1) is 52.9. The lowest BCUT2D eigenvalue weighted by Gasteiger charge is -2.21. The van der Waals surface area contributed by atoms with Gasteiger partial charge in [0.1, 0.15) is 0 Å². The Morgan fingerprint density at radius 3 is 0.734 bits per heavy atom. The third-order valence-electron chi connectivity index (χ3n) is 19.7. The highest BCUT2D eigenvalue weighted by atomic mass is 32.2. The molecule has 0 heterocycles. The van der Waals surface area contributed by atoms with Gasteiger partial charge in [-0.2, -0.15) is 0 Å². The Morgan fingerprint density at radius 1 is 0.239 bits per heavy atom. The smallest absolute Gasteiger partial charge is 0.181 e. The Balaban J connectivity index is 0.000000129. The third-order valence-corrected chi connectivity index (χ3v) is 34.3. The Bertz CT molecular complexity index is 5410. The third kappa shape index (κ3) is 19.5. The molecule has 6 nitrogen and oxygen atoms in total. The molecule has 0 N–H and O–H groups in total. The molecule has 109 heavy (non-hydrogen) atoms. The van der Waals surface area contributed by atoms with Gasteiger partial charge in [-0.1, -0.05) is 223 Å². The molecule has 0 unspecified atom stereocenters. The second-order valence-electron chi connectivity index (χ2n) is 28.3. The van der Waals surface area contributed by atoms with E-state index in [4.69, 9.17) is 0 Å². The molecule has 2 aliphatic rings. The monoisotopic (exact) mass is 1560 g/mol. The molecule has 0 aliphatic heterocycles. The number of fused-ring (bicyclic) bond motifs is 2. The van der Waals surface area contributed by atoms with Crippen LogP contribution in [0.2, 0.25) is 0 Å². The maximum Gasteiger partial charge on any atom is 0.181 e. The summed E-state index contributed by atoms with van der Waals surface area (Å²) in [5.74, 6) is 0. The Hall–Kier alpha value is -9.15. The second kappa shape index (κ2) is 36.1. The van der Waals surface area contributed by atoms with Crippen molar-refractivity contribution in [3.05, 3.63) is 370 Å². The molecule has 0 atom stereocenters. The summed E-state index contributed by atoms with van der Waals surface area (Å²) in [6, 6.07) is 125. The predicted octanol–water partition coefficient (Wildman–Crippen LogP) is 24.0. The molecule has 0 radical (unpaired) electrons. The minimum Gasteiger partial charge on any atom is -0.224 e. The van der Waals surface area contributed by atoms with Crippen molar-refractivity contribution in [2.75, 3.05) is 6.26 Å². The summed E-state index contributed by atoms with van der Waals surface area (Å²) in [6.07, 6.45) is 9.65. The van der Waals surface area contributed by atoms with Crippen LogP contribution in [0, 0.1) is 0 Å². The molecule has 13 heteroatoms. The molecule has 14 aromatic rings. The van der Waals surface area contributed by atoms with Crippen molar-refractivity contribution in [2.45, 2.75) is 168 Å². The summed E-state index contributed by atoms with van der Waals surface area (Å²) >= 11 is 0. The highest BCUT2D eigenvalue weighted by Gasteiger charge is 2.36. The molecule has 0 aromatic heterocycles.